The zero-order valence-electron chi connectivity index (χ0n) is 7.98. The molecule has 1 aromatic carbocycles. The van der Waals surface area contributed by atoms with Crippen molar-refractivity contribution < 1.29 is 20.3 Å². The van der Waals surface area contributed by atoms with Crippen LogP contribution >= 0.6 is 0 Å². The molecule has 0 spiro atoms. The molecule has 16 heavy (non-hydrogen) atoms. The van der Waals surface area contributed by atoms with Gasteiger partial charge < -0.3 is 0 Å². The van der Waals surface area contributed by atoms with E-state index in [4.69, 9.17) is 5.21 Å². The summed E-state index contributed by atoms with van der Waals surface area (Å²) in [5, 5.41) is 39.5. The summed E-state index contributed by atoms with van der Waals surface area (Å²) in [4.78, 5) is 19.4. The highest BCUT2D eigenvalue weighted by atomic mass is 16.8. The summed E-state index contributed by atoms with van der Waals surface area (Å²) in [6.07, 6.45) is 0. The van der Waals surface area contributed by atoms with E-state index in [9.17, 15) is 25.4 Å². The van der Waals surface area contributed by atoms with Crippen LogP contribution in [0.4, 0.5) is 17.1 Å². The van der Waals surface area contributed by atoms with Crippen LogP contribution in [0.5, 0.6) is 0 Å². The Balaban J connectivity index is 3.51. The van der Waals surface area contributed by atoms with E-state index >= 15 is 0 Å². The van der Waals surface area contributed by atoms with E-state index in [1.54, 1.807) is 0 Å². The molecule has 0 atom stereocenters. The number of benzene rings is 1. The van der Waals surface area contributed by atoms with Crippen LogP contribution in [0, 0.1) is 27.2 Å². The van der Waals surface area contributed by atoms with Crippen LogP contribution < -0.4 is 5.23 Å². The highest BCUT2D eigenvalue weighted by Crippen LogP contribution is 2.32. The average Bonchev–Trinajstić information content (AvgIpc) is 2.16. The van der Waals surface area contributed by atoms with Gasteiger partial charge in [-0.25, -0.2) is 0 Å². The fourth-order valence-corrected chi connectivity index (χ4v) is 1.16. The number of nitro benzene ring substituents is 2. The van der Waals surface area contributed by atoms with Crippen LogP contribution in [-0.4, -0.2) is 15.1 Å². The molecule has 1 aromatic rings. The molecule has 0 amide bonds. The monoisotopic (exact) mass is 228 g/mol. The molecule has 1 rings (SSSR count). The summed E-state index contributed by atoms with van der Waals surface area (Å²) in [6.45, 7) is 1.19. The Morgan fingerprint density at radius 2 is 1.56 bits per heavy atom. The van der Waals surface area contributed by atoms with Crippen molar-refractivity contribution >= 4 is 17.1 Å². The topological polar surface area (TPSA) is 130 Å². The van der Waals surface area contributed by atoms with Crippen LogP contribution in [0.3, 0.4) is 0 Å². The quantitative estimate of drug-likeness (QED) is 0.613. The molecule has 1 N–H and O–H groups in total. The van der Waals surface area contributed by atoms with Crippen molar-refractivity contribution in [1.82, 2.24) is 0 Å². The van der Waals surface area contributed by atoms with E-state index < -0.39 is 32.1 Å². The summed E-state index contributed by atoms with van der Waals surface area (Å²) in [7, 11) is 0. The highest BCUT2D eigenvalue weighted by molar-refractivity contribution is 5.63. The zero-order valence-corrected chi connectivity index (χ0v) is 7.98. The zero-order chi connectivity index (χ0) is 12.5. The second-order valence-corrected chi connectivity index (χ2v) is 2.90. The highest BCUT2D eigenvalue weighted by Gasteiger charge is 2.24. The lowest BCUT2D eigenvalue weighted by Gasteiger charge is -2.06. The van der Waals surface area contributed by atoms with Gasteiger partial charge in [0.25, 0.3) is 11.4 Å². The van der Waals surface area contributed by atoms with Crippen molar-refractivity contribution in [3.63, 3.8) is 0 Å². The largest absolute Gasteiger partial charge is 0.281 e. The number of nitro groups is 2. The van der Waals surface area contributed by atoms with E-state index in [1.807, 2.05) is 0 Å². The number of hydrogen-bond donors (Lipinski definition) is 1. The Labute approximate surface area is 88.4 Å². The number of rotatable bonds is 3. The molecule has 9 heteroatoms. The predicted molar refractivity (Wildman–Crippen MR) is 49.4 cm³/mol. The summed E-state index contributed by atoms with van der Waals surface area (Å²) >= 11 is 0. The van der Waals surface area contributed by atoms with Gasteiger partial charge in [0, 0.05) is 12.1 Å². The van der Waals surface area contributed by atoms with Gasteiger partial charge in [-0.15, -0.1) is 0 Å². The maximum absolute atomic E-state index is 10.6. The fraction of sp³-hybridized carbons (Fsp3) is 0.143. The summed E-state index contributed by atoms with van der Waals surface area (Å²) in [5.74, 6) is 0. The predicted octanol–water partition coefficient (Wildman–Crippen LogP) is 1.35. The van der Waals surface area contributed by atoms with E-state index in [2.05, 4.69) is 0 Å². The molecule has 0 aromatic heterocycles. The van der Waals surface area contributed by atoms with Crippen molar-refractivity contribution in [3.8, 4) is 0 Å². The molecule has 0 saturated heterocycles. The van der Waals surface area contributed by atoms with Gasteiger partial charge in [0.05, 0.1) is 9.85 Å². The Bertz CT molecular complexity index is 422. The maximum atomic E-state index is 10.6. The molecular weight excluding hydrogens is 222 g/mol. The van der Waals surface area contributed by atoms with Gasteiger partial charge in [0.15, 0.2) is 0 Å². The van der Waals surface area contributed by atoms with Crippen LogP contribution in [0.25, 0.3) is 0 Å². The first-order valence-corrected chi connectivity index (χ1v) is 3.94. The van der Waals surface area contributed by atoms with Crippen LogP contribution in [0.15, 0.2) is 12.1 Å². The van der Waals surface area contributed by atoms with E-state index in [-0.39, 0.29) is 5.56 Å². The van der Waals surface area contributed by atoms with Crippen molar-refractivity contribution in [3.05, 3.63) is 37.9 Å². The van der Waals surface area contributed by atoms with Gasteiger partial charge in [-0.05, 0) is 6.92 Å². The molecular formula is C7H6N3O6. The molecule has 0 unspecified atom stereocenters. The van der Waals surface area contributed by atoms with Crippen LogP contribution in [0.2, 0.25) is 0 Å². The number of anilines is 1. The van der Waals surface area contributed by atoms with Crippen molar-refractivity contribution in [1.29, 1.82) is 0 Å². The Hall–Kier alpha value is -2.26. The Morgan fingerprint density at radius 3 is 1.81 bits per heavy atom. The lowest BCUT2D eigenvalue weighted by Crippen LogP contribution is -2.10. The maximum Gasteiger partial charge on any atom is 0.281 e. The van der Waals surface area contributed by atoms with Gasteiger partial charge in [-0.1, -0.05) is 10.4 Å². The minimum atomic E-state index is -0.866. The third kappa shape index (κ3) is 2.04. The molecule has 0 bridgehead atoms. The van der Waals surface area contributed by atoms with Gasteiger partial charge in [-0.3, -0.25) is 25.4 Å². The minimum Gasteiger partial charge on any atom is -0.261 e. The van der Waals surface area contributed by atoms with E-state index in [1.165, 1.54) is 6.92 Å². The molecule has 0 aliphatic carbocycles. The molecule has 0 heterocycles. The van der Waals surface area contributed by atoms with Crippen molar-refractivity contribution in [2.24, 2.45) is 0 Å². The SMILES string of the molecule is Cc1c([N+](=O)[O-])cc(N([O])O)cc1[N+](=O)[O-]. The molecule has 9 nitrogen and oxygen atoms in total. The lowest BCUT2D eigenvalue weighted by atomic mass is 10.1. The minimum absolute atomic E-state index is 0.180. The standard InChI is InChI=1S/C7H6N3O6/c1-4-6(9(13)14)2-5(8(11)12)3-7(4)10(15)16/h2-3,11H,1H3. The molecule has 0 saturated carbocycles. The average molecular weight is 228 g/mol. The third-order valence-corrected chi connectivity index (χ3v) is 1.95. The van der Waals surface area contributed by atoms with Crippen molar-refractivity contribution in [2.45, 2.75) is 6.92 Å². The first kappa shape index (κ1) is 11.8. The number of hydrogen-bond acceptors (Lipinski definition) is 6. The summed E-state index contributed by atoms with van der Waals surface area (Å²) in [5.41, 5.74) is -1.94. The van der Waals surface area contributed by atoms with Gasteiger partial charge in [0.2, 0.25) is 0 Å². The van der Waals surface area contributed by atoms with E-state index in [0.717, 1.165) is 12.1 Å². The normalized spacial score (nSPS) is 9.94. The first-order chi connectivity index (χ1) is 7.34. The summed E-state index contributed by atoms with van der Waals surface area (Å²) in [6, 6.07) is 1.52. The second kappa shape index (κ2) is 4.08. The Morgan fingerprint density at radius 1 is 1.19 bits per heavy atom. The van der Waals surface area contributed by atoms with Gasteiger partial charge in [-0.2, -0.15) is 0 Å². The third-order valence-electron chi connectivity index (χ3n) is 1.95. The number of nitrogens with zero attached hydrogens (tertiary/aromatic N) is 3. The van der Waals surface area contributed by atoms with Crippen molar-refractivity contribution in [2.75, 3.05) is 5.23 Å². The van der Waals surface area contributed by atoms with Gasteiger partial charge >= 0.3 is 0 Å². The van der Waals surface area contributed by atoms with Crippen LogP contribution in [0.1, 0.15) is 5.56 Å². The van der Waals surface area contributed by atoms with Crippen LogP contribution in [-0.2, 0) is 5.21 Å². The lowest BCUT2D eigenvalue weighted by molar-refractivity contribution is -0.395. The Kier molecular flexibility index (Phi) is 3.01. The fourth-order valence-electron chi connectivity index (χ4n) is 1.16. The molecule has 0 fully saturated rings. The van der Waals surface area contributed by atoms with Gasteiger partial charge in [0.1, 0.15) is 11.3 Å². The van der Waals surface area contributed by atoms with E-state index in [0.29, 0.717) is 0 Å². The molecule has 1 radical (unpaired) electrons. The smallest absolute Gasteiger partial charge is 0.261 e. The molecule has 0 aliphatic heterocycles. The molecule has 85 valence electrons. The molecule has 0 aliphatic rings. The second-order valence-electron chi connectivity index (χ2n) is 2.90. The summed E-state index contributed by atoms with van der Waals surface area (Å²) < 4.78 is 0. The first-order valence-electron chi connectivity index (χ1n) is 3.94.